The number of cyclic esters (lactones) is 1. The molecule has 0 aliphatic carbocycles. The summed E-state index contributed by atoms with van der Waals surface area (Å²) in [6, 6.07) is 0. The predicted octanol–water partition coefficient (Wildman–Crippen LogP) is -1.16. The highest BCUT2D eigenvalue weighted by Gasteiger charge is 2.28. The van der Waals surface area contributed by atoms with E-state index in [1.807, 2.05) is 0 Å². The number of hydrogen-bond acceptors (Lipinski definition) is 5. The summed E-state index contributed by atoms with van der Waals surface area (Å²) < 4.78 is 28.5. The molecule has 0 aromatic rings. The largest absolute Gasteiger partial charge is 0.464 e. The fraction of sp³-hybridized carbons (Fsp3) is 0.750. The van der Waals surface area contributed by atoms with Gasteiger partial charge in [0.25, 0.3) is 11.0 Å². The van der Waals surface area contributed by atoms with Crippen LogP contribution in [0.15, 0.2) is 0 Å². The topological polar surface area (TPSA) is 69.7 Å². The van der Waals surface area contributed by atoms with Gasteiger partial charge in [0.1, 0.15) is 0 Å². The molecule has 6 heteroatoms. The Bertz CT molecular complexity index is 200. The van der Waals surface area contributed by atoms with Gasteiger partial charge in [0.2, 0.25) is 0 Å². The average Bonchev–Trinajstić information content (AvgIpc) is 2.15. The monoisotopic (exact) mass is 166 g/mol. The van der Waals surface area contributed by atoms with E-state index < -0.39 is 23.1 Å². The highest BCUT2D eigenvalue weighted by Crippen LogP contribution is 2.09. The first-order chi connectivity index (χ1) is 4.70. The van der Waals surface area contributed by atoms with Crippen molar-refractivity contribution in [3.63, 3.8) is 0 Å². The summed E-state index contributed by atoms with van der Waals surface area (Å²) in [6.07, 6.45) is -0.580. The Morgan fingerprint density at radius 3 is 2.70 bits per heavy atom. The van der Waals surface area contributed by atoms with Crippen LogP contribution in [0.5, 0.6) is 0 Å². The highest BCUT2D eigenvalue weighted by atomic mass is 32.2. The van der Waals surface area contributed by atoms with Crippen LogP contribution in [-0.4, -0.2) is 27.1 Å². The number of rotatable bonds is 2. The van der Waals surface area contributed by atoms with Crippen molar-refractivity contribution < 1.29 is 22.1 Å². The zero-order valence-electron chi connectivity index (χ0n) is 4.98. The Morgan fingerprint density at radius 2 is 2.30 bits per heavy atom. The van der Waals surface area contributed by atoms with E-state index in [4.69, 9.17) is 0 Å². The number of thiol groups is 1. The summed E-state index contributed by atoms with van der Waals surface area (Å²) in [7, 11) is -2.94. The molecule has 0 aromatic heterocycles. The third-order valence-electron chi connectivity index (χ3n) is 1.10. The van der Waals surface area contributed by atoms with Gasteiger partial charge in [-0.25, -0.2) is 13.2 Å². The zero-order valence-corrected chi connectivity index (χ0v) is 5.87. The molecule has 0 aromatic carbocycles. The van der Waals surface area contributed by atoms with Crippen LogP contribution < -0.4 is 0 Å². The molecule has 1 heterocycles. The molecule has 0 radical (unpaired) electrons. The molecule has 58 valence electrons. The maximum absolute atomic E-state index is 10.5. The third-order valence-corrected chi connectivity index (χ3v) is 1.53. The van der Waals surface area contributed by atoms with Crippen LogP contribution in [-0.2, 0) is 24.7 Å². The summed E-state index contributed by atoms with van der Waals surface area (Å²) >= 11 is 0. The van der Waals surface area contributed by atoms with Crippen LogP contribution in [0.2, 0.25) is 0 Å². The van der Waals surface area contributed by atoms with Crippen molar-refractivity contribution in [1.29, 1.82) is 0 Å². The smallest absolute Gasteiger partial charge is 0.336 e. The van der Waals surface area contributed by atoms with E-state index >= 15 is 0 Å². The molecular formula is C4H6O5S. The molecule has 1 aliphatic heterocycles. The van der Waals surface area contributed by atoms with Gasteiger partial charge in [0.15, 0.2) is 6.10 Å². The molecule has 1 fully saturated rings. The lowest BCUT2D eigenvalue weighted by Gasteiger charge is -1.97. The van der Waals surface area contributed by atoms with Gasteiger partial charge in [0.05, 0.1) is 6.61 Å². The number of hydrogen-bond donors (Lipinski definition) is 1. The average molecular weight is 166 g/mol. The van der Waals surface area contributed by atoms with Gasteiger partial charge in [-0.1, -0.05) is 0 Å². The van der Waals surface area contributed by atoms with E-state index in [-0.39, 0.29) is 6.61 Å². The minimum absolute atomic E-state index is 0.243. The molecule has 0 bridgehead atoms. The second-order valence-electron chi connectivity index (χ2n) is 1.77. The minimum Gasteiger partial charge on any atom is -0.464 e. The quantitative estimate of drug-likeness (QED) is 0.414. The Labute approximate surface area is 59.1 Å². The van der Waals surface area contributed by atoms with E-state index in [1.165, 1.54) is 0 Å². The van der Waals surface area contributed by atoms with Crippen molar-refractivity contribution in [3.05, 3.63) is 0 Å². The predicted molar refractivity (Wildman–Crippen MR) is 30.8 cm³/mol. The second kappa shape index (κ2) is 2.98. The van der Waals surface area contributed by atoms with Gasteiger partial charge >= 0.3 is 5.97 Å². The number of esters is 1. The van der Waals surface area contributed by atoms with Crippen LogP contribution in [0.1, 0.15) is 6.42 Å². The molecule has 0 spiro atoms. The van der Waals surface area contributed by atoms with E-state index in [9.17, 15) is 13.2 Å². The van der Waals surface area contributed by atoms with Gasteiger partial charge in [-0.15, -0.1) is 0 Å². The molecule has 1 saturated heterocycles. The van der Waals surface area contributed by atoms with Crippen LogP contribution in [0.4, 0.5) is 0 Å². The first-order valence-electron chi connectivity index (χ1n) is 2.68. The van der Waals surface area contributed by atoms with Crippen molar-refractivity contribution >= 4 is 17.0 Å². The summed E-state index contributed by atoms with van der Waals surface area (Å²) in [5.74, 6) is -0.598. The molecule has 1 atom stereocenters. The molecular weight excluding hydrogens is 160 g/mol. The first kappa shape index (κ1) is 7.49. The molecule has 1 aliphatic rings. The van der Waals surface area contributed by atoms with Gasteiger partial charge in [-0.3, -0.25) is 4.18 Å². The van der Waals surface area contributed by atoms with Gasteiger partial charge in [-0.05, 0) is 0 Å². The molecule has 1 rings (SSSR count). The van der Waals surface area contributed by atoms with Crippen LogP contribution in [0, 0.1) is 0 Å². The number of carbonyl (C=O) groups is 1. The lowest BCUT2D eigenvalue weighted by Crippen LogP contribution is -2.17. The van der Waals surface area contributed by atoms with Crippen molar-refractivity contribution in [1.82, 2.24) is 0 Å². The van der Waals surface area contributed by atoms with E-state index in [1.54, 1.807) is 0 Å². The van der Waals surface area contributed by atoms with E-state index in [0.29, 0.717) is 6.42 Å². The third kappa shape index (κ3) is 1.68. The van der Waals surface area contributed by atoms with Gasteiger partial charge in [-0.2, -0.15) is 0 Å². The van der Waals surface area contributed by atoms with E-state index in [0.717, 1.165) is 0 Å². The number of ether oxygens (including phenoxy) is 1. The maximum atomic E-state index is 10.5. The lowest BCUT2D eigenvalue weighted by molar-refractivity contribution is -0.143. The first-order valence-corrected chi connectivity index (χ1v) is 3.77. The van der Waals surface area contributed by atoms with Gasteiger partial charge in [0, 0.05) is 6.42 Å². The normalized spacial score (nSPS) is 25.3. The van der Waals surface area contributed by atoms with Gasteiger partial charge < -0.3 is 4.74 Å². The summed E-state index contributed by atoms with van der Waals surface area (Å²) in [6.45, 7) is 0.243. The molecule has 0 saturated carbocycles. The Morgan fingerprint density at radius 1 is 1.60 bits per heavy atom. The second-order valence-corrected chi connectivity index (χ2v) is 2.43. The van der Waals surface area contributed by atoms with Crippen LogP contribution in [0.3, 0.4) is 0 Å². The van der Waals surface area contributed by atoms with Crippen molar-refractivity contribution in [2.24, 2.45) is 0 Å². The molecule has 10 heavy (non-hydrogen) atoms. The number of carbonyl (C=O) groups excluding carboxylic acids is 1. The molecule has 0 N–H and O–H groups in total. The summed E-state index contributed by atoms with van der Waals surface area (Å²) in [5, 5.41) is 0. The Balaban J connectivity index is 2.48. The summed E-state index contributed by atoms with van der Waals surface area (Å²) in [4.78, 5) is 10.5. The minimum atomic E-state index is -2.94. The molecule has 5 nitrogen and oxygen atoms in total. The molecule has 1 unspecified atom stereocenters. The fourth-order valence-electron chi connectivity index (χ4n) is 0.677. The highest BCUT2D eigenvalue weighted by molar-refractivity contribution is 7.67. The lowest BCUT2D eigenvalue weighted by atomic mass is 10.3. The zero-order chi connectivity index (χ0) is 7.56. The van der Waals surface area contributed by atoms with Crippen molar-refractivity contribution in [2.45, 2.75) is 12.5 Å². The van der Waals surface area contributed by atoms with E-state index in [2.05, 4.69) is 8.92 Å². The maximum Gasteiger partial charge on any atom is 0.336 e. The fourth-order valence-corrected chi connectivity index (χ4v) is 1.08. The standard InChI is InChI=1S/C4H6O5S/c5-4-3(1-2-8-4)9-10(6)7/h3,10H,1-2H2. The van der Waals surface area contributed by atoms with Crippen molar-refractivity contribution in [2.75, 3.05) is 6.61 Å². The summed E-state index contributed by atoms with van der Waals surface area (Å²) in [5.41, 5.74) is 0. The Hall–Kier alpha value is -0.620. The SMILES string of the molecule is O=C1OCCC1O[SH](=O)=O. The van der Waals surface area contributed by atoms with Crippen molar-refractivity contribution in [3.8, 4) is 0 Å². The van der Waals surface area contributed by atoms with Crippen LogP contribution >= 0.6 is 0 Å². The molecule has 0 amide bonds. The van der Waals surface area contributed by atoms with Crippen LogP contribution in [0.25, 0.3) is 0 Å². The Kier molecular flexibility index (Phi) is 2.23.